The van der Waals surface area contributed by atoms with E-state index in [0.717, 1.165) is 0 Å². The molecule has 3 atom stereocenters. The zero-order valence-electron chi connectivity index (χ0n) is 10.5. The van der Waals surface area contributed by atoms with Crippen LogP contribution in [0.3, 0.4) is 0 Å². The first kappa shape index (κ1) is 14.9. The largest absolute Gasteiger partial charge is 0.481 e. The van der Waals surface area contributed by atoms with Crippen molar-refractivity contribution in [2.75, 3.05) is 0 Å². The van der Waals surface area contributed by atoms with Gasteiger partial charge in [0.15, 0.2) is 5.25 Å². The van der Waals surface area contributed by atoms with Crippen molar-refractivity contribution in [3.8, 4) is 6.07 Å². The van der Waals surface area contributed by atoms with Crippen LogP contribution in [0.25, 0.3) is 0 Å². The molecule has 0 spiro atoms. The van der Waals surface area contributed by atoms with E-state index in [1.807, 2.05) is 0 Å². The van der Waals surface area contributed by atoms with Crippen molar-refractivity contribution in [1.82, 2.24) is 4.72 Å². The summed E-state index contributed by atoms with van der Waals surface area (Å²) < 4.78 is 26.3. The van der Waals surface area contributed by atoms with E-state index in [2.05, 4.69) is 4.72 Å². The Morgan fingerprint density at radius 1 is 1.67 bits per heavy atom. The average Bonchev–Trinajstić information content (AvgIpc) is 2.62. The number of nitrogens with zero attached hydrogens (tertiary/aromatic N) is 1. The quantitative estimate of drug-likeness (QED) is 0.772. The van der Waals surface area contributed by atoms with Crippen molar-refractivity contribution < 1.29 is 18.3 Å². The van der Waals surface area contributed by atoms with E-state index in [9.17, 15) is 18.3 Å². The minimum Gasteiger partial charge on any atom is -0.481 e. The van der Waals surface area contributed by atoms with E-state index in [4.69, 9.17) is 5.26 Å². The Kier molecular flexibility index (Phi) is 4.35. The van der Waals surface area contributed by atoms with Gasteiger partial charge >= 0.3 is 5.97 Å². The molecule has 1 saturated carbocycles. The smallest absolute Gasteiger partial charge is 0.310 e. The molecule has 0 heterocycles. The van der Waals surface area contributed by atoms with Gasteiger partial charge in [0.2, 0.25) is 10.0 Å². The second-order valence-electron chi connectivity index (χ2n) is 4.86. The van der Waals surface area contributed by atoms with Crippen LogP contribution in [0.5, 0.6) is 0 Å². The van der Waals surface area contributed by atoms with Crippen molar-refractivity contribution in [2.24, 2.45) is 5.41 Å². The predicted molar refractivity (Wildman–Crippen MR) is 65.1 cm³/mol. The first-order valence-corrected chi connectivity index (χ1v) is 7.46. The summed E-state index contributed by atoms with van der Waals surface area (Å²) in [6.07, 6.45) is 1.78. The molecule has 1 aliphatic rings. The summed E-state index contributed by atoms with van der Waals surface area (Å²) in [5.41, 5.74) is -1.08. The number of nitrogens with one attached hydrogen (secondary N) is 1. The number of carboxylic acids is 1. The van der Waals surface area contributed by atoms with Gasteiger partial charge < -0.3 is 5.11 Å². The fourth-order valence-corrected chi connectivity index (χ4v) is 3.79. The maximum absolute atomic E-state index is 11.9. The van der Waals surface area contributed by atoms with Crippen LogP contribution in [0, 0.1) is 16.7 Å². The lowest BCUT2D eigenvalue weighted by atomic mass is 9.85. The van der Waals surface area contributed by atoms with Gasteiger partial charge in [-0.3, -0.25) is 4.79 Å². The van der Waals surface area contributed by atoms with Gasteiger partial charge in [-0.1, -0.05) is 13.3 Å². The molecule has 18 heavy (non-hydrogen) atoms. The minimum atomic E-state index is -3.78. The van der Waals surface area contributed by atoms with Crippen LogP contribution in [-0.4, -0.2) is 30.8 Å². The molecule has 1 aliphatic carbocycles. The number of rotatable bonds is 5. The van der Waals surface area contributed by atoms with Gasteiger partial charge in [-0.15, -0.1) is 0 Å². The summed E-state index contributed by atoms with van der Waals surface area (Å²) in [4.78, 5) is 11.2. The van der Waals surface area contributed by atoms with Gasteiger partial charge in [0, 0.05) is 6.04 Å². The number of aliphatic carboxylic acids is 1. The monoisotopic (exact) mass is 274 g/mol. The standard InChI is InChI=1S/C11H18N2O4S/c1-3-8(7-12)18(16,17)13-9-5-4-6-11(9,2)10(14)15/h8-9,13H,3-6H2,1-2H3,(H,14,15). The highest BCUT2D eigenvalue weighted by Gasteiger charge is 2.47. The van der Waals surface area contributed by atoms with Gasteiger partial charge in [-0.2, -0.15) is 5.26 Å². The van der Waals surface area contributed by atoms with Crippen LogP contribution in [0.1, 0.15) is 39.5 Å². The Balaban J connectivity index is 2.92. The van der Waals surface area contributed by atoms with Crippen LogP contribution in [-0.2, 0) is 14.8 Å². The summed E-state index contributed by atoms with van der Waals surface area (Å²) in [5, 5.41) is 16.9. The van der Waals surface area contributed by atoms with Gasteiger partial charge in [0.1, 0.15) is 0 Å². The number of sulfonamides is 1. The maximum atomic E-state index is 11.9. The summed E-state index contributed by atoms with van der Waals surface area (Å²) in [7, 11) is -3.78. The number of hydrogen-bond acceptors (Lipinski definition) is 4. The Labute approximate surface area is 107 Å². The lowest BCUT2D eigenvalue weighted by Crippen LogP contribution is -2.49. The predicted octanol–water partition coefficient (Wildman–Crippen LogP) is 0.851. The van der Waals surface area contributed by atoms with Crippen LogP contribution in [0.2, 0.25) is 0 Å². The Morgan fingerprint density at radius 3 is 2.72 bits per heavy atom. The van der Waals surface area contributed by atoms with Gasteiger partial charge in [-0.25, -0.2) is 13.1 Å². The molecule has 0 radical (unpaired) electrons. The maximum Gasteiger partial charge on any atom is 0.310 e. The molecule has 0 bridgehead atoms. The molecule has 0 amide bonds. The van der Waals surface area contributed by atoms with Gasteiger partial charge in [-0.05, 0) is 26.2 Å². The molecule has 0 aliphatic heterocycles. The zero-order valence-corrected chi connectivity index (χ0v) is 11.3. The Bertz CT molecular complexity index is 468. The molecule has 102 valence electrons. The van der Waals surface area contributed by atoms with Crippen molar-refractivity contribution >= 4 is 16.0 Å². The number of nitriles is 1. The lowest BCUT2D eigenvalue weighted by Gasteiger charge is -2.28. The molecule has 0 aromatic rings. The zero-order chi connectivity index (χ0) is 14.0. The SMILES string of the molecule is CCC(C#N)S(=O)(=O)NC1CCCC1(C)C(=O)O. The number of carbonyl (C=O) groups is 1. The van der Waals surface area contributed by atoms with Crippen LogP contribution >= 0.6 is 0 Å². The number of carboxylic acid groups (broad SMARTS) is 1. The third-order valence-corrected chi connectivity index (χ3v) is 5.44. The average molecular weight is 274 g/mol. The van der Waals surface area contributed by atoms with Crippen molar-refractivity contribution in [2.45, 2.75) is 50.8 Å². The fraction of sp³-hybridized carbons (Fsp3) is 0.818. The van der Waals surface area contributed by atoms with Gasteiger partial charge in [0.25, 0.3) is 0 Å². The second-order valence-corrected chi connectivity index (χ2v) is 6.75. The normalized spacial score (nSPS) is 29.7. The Hall–Kier alpha value is -1.13. The molecule has 1 fully saturated rings. The summed E-state index contributed by atoms with van der Waals surface area (Å²) >= 11 is 0. The molecular weight excluding hydrogens is 256 g/mol. The van der Waals surface area contributed by atoms with Gasteiger partial charge in [0.05, 0.1) is 11.5 Å². The van der Waals surface area contributed by atoms with E-state index < -0.39 is 32.7 Å². The molecule has 0 aromatic carbocycles. The third kappa shape index (κ3) is 2.65. The molecular formula is C11H18N2O4S. The molecule has 1 rings (SSSR count). The van der Waals surface area contributed by atoms with E-state index in [0.29, 0.717) is 19.3 Å². The topological polar surface area (TPSA) is 107 Å². The van der Waals surface area contributed by atoms with Crippen LogP contribution in [0.15, 0.2) is 0 Å². The molecule has 0 aromatic heterocycles. The summed E-state index contributed by atoms with van der Waals surface area (Å²) in [5.74, 6) is -1.00. The minimum absolute atomic E-state index is 0.183. The van der Waals surface area contributed by atoms with Crippen molar-refractivity contribution in [1.29, 1.82) is 5.26 Å². The summed E-state index contributed by atoms with van der Waals surface area (Å²) in [6, 6.07) is 1.09. The molecule has 7 heteroatoms. The highest BCUT2D eigenvalue weighted by atomic mass is 32.2. The second kappa shape index (κ2) is 5.24. The van der Waals surface area contributed by atoms with Crippen molar-refractivity contribution in [3.63, 3.8) is 0 Å². The van der Waals surface area contributed by atoms with Crippen LogP contribution in [0.4, 0.5) is 0 Å². The molecule has 3 unspecified atom stereocenters. The fourth-order valence-electron chi connectivity index (χ4n) is 2.27. The highest BCUT2D eigenvalue weighted by molar-refractivity contribution is 7.90. The molecule has 0 saturated heterocycles. The van der Waals surface area contributed by atoms with Crippen LogP contribution < -0.4 is 4.72 Å². The van der Waals surface area contributed by atoms with E-state index in [1.165, 1.54) is 0 Å². The van der Waals surface area contributed by atoms with E-state index >= 15 is 0 Å². The summed E-state index contributed by atoms with van der Waals surface area (Å²) in [6.45, 7) is 3.15. The van der Waals surface area contributed by atoms with E-state index in [1.54, 1.807) is 19.9 Å². The highest BCUT2D eigenvalue weighted by Crippen LogP contribution is 2.38. The molecule has 6 nitrogen and oxygen atoms in total. The molecule has 2 N–H and O–H groups in total. The Morgan fingerprint density at radius 2 is 2.28 bits per heavy atom. The number of hydrogen-bond donors (Lipinski definition) is 2. The first-order valence-electron chi connectivity index (χ1n) is 5.92. The van der Waals surface area contributed by atoms with E-state index in [-0.39, 0.29) is 6.42 Å². The van der Waals surface area contributed by atoms with Crippen molar-refractivity contribution in [3.05, 3.63) is 0 Å². The first-order chi connectivity index (χ1) is 8.28. The third-order valence-electron chi connectivity index (χ3n) is 3.64. The lowest BCUT2D eigenvalue weighted by molar-refractivity contribution is -0.148.